The molecule has 0 bridgehead atoms. The quantitative estimate of drug-likeness (QED) is 0.552. The average molecular weight is 284 g/mol. The minimum atomic E-state index is -0.216. The van der Waals surface area contributed by atoms with Gasteiger partial charge in [0.15, 0.2) is 5.12 Å². The molecular weight excluding hydrogens is 260 g/mol. The van der Waals surface area contributed by atoms with Gasteiger partial charge in [0.25, 0.3) is 0 Å². The normalized spacial score (nSPS) is 20.6. The molecule has 1 aliphatic carbocycles. The zero-order valence-corrected chi connectivity index (χ0v) is 12.9. The van der Waals surface area contributed by atoms with Crippen molar-refractivity contribution in [2.24, 2.45) is 11.8 Å². The average Bonchev–Trinajstić information content (AvgIpc) is 2.39. The lowest BCUT2D eigenvalue weighted by atomic mass is 9.82. The molecule has 0 fully saturated rings. The maximum Gasteiger partial charge on any atom is 0.306 e. The molecule has 2 atom stereocenters. The fraction of sp³-hybridized carbons (Fsp3) is 0.733. The van der Waals surface area contributed by atoms with Crippen molar-refractivity contribution in [3.05, 3.63) is 11.6 Å². The molecule has 0 aromatic heterocycles. The number of carbonyl (C=O) groups excluding carboxylic acids is 2. The fourth-order valence-corrected chi connectivity index (χ4v) is 3.16. The van der Waals surface area contributed by atoms with Crippen molar-refractivity contribution in [2.75, 3.05) is 12.4 Å². The molecule has 0 aliphatic heterocycles. The highest BCUT2D eigenvalue weighted by Gasteiger charge is 2.25. The number of carbonyl (C=O) groups is 2. The molecule has 0 saturated carbocycles. The van der Waals surface area contributed by atoms with Crippen LogP contribution in [-0.4, -0.2) is 23.4 Å². The van der Waals surface area contributed by atoms with E-state index in [0.29, 0.717) is 24.7 Å². The van der Waals surface area contributed by atoms with Gasteiger partial charge in [0.1, 0.15) is 0 Å². The molecule has 0 aromatic rings. The highest BCUT2D eigenvalue weighted by atomic mass is 32.2. The van der Waals surface area contributed by atoms with Crippen molar-refractivity contribution in [1.29, 1.82) is 0 Å². The van der Waals surface area contributed by atoms with E-state index in [1.54, 1.807) is 6.92 Å². The predicted octanol–water partition coefficient (Wildman–Crippen LogP) is 3.58. The van der Waals surface area contributed by atoms with Crippen LogP contribution in [0.25, 0.3) is 0 Å². The van der Waals surface area contributed by atoms with E-state index in [4.69, 9.17) is 4.74 Å². The van der Waals surface area contributed by atoms with Gasteiger partial charge in [-0.05, 0) is 39.0 Å². The van der Waals surface area contributed by atoms with Crippen LogP contribution in [0.4, 0.5) is 0 Å². The molecule has 4 heteroatoms. The second kappa shape index (κ2) is 8.41. The Hall–Kier alpha value is -0.770. The molecular formula is C15H24O3S. The van der Waals surface area contributed by atoms with Crippen molar-refractivity contribution in [3.63, 3.8) is 0 Å². The number of esters is 1. The predicted molar refractivity (Wildman–Crippen MR) is 79.0 cm³/mol. The molecule has 19 heavy (non-hydrogen) atoms. The van der Waals surface area contributed by atoms with Crippen LogP contribution in [-0.2, 0) is 14.3 Å². The van der Waals surface area contributed by atoms with Gasteiger partial charge >= 0.3 is 5.97 Å². The lowest BCUT2D eigenvalue weighted by molar-refractivity contribution is -0.142. The van der Waals surface area contributed by atoms with Crippen LogP contribution in [0.2, 0.25) is 0 Å². The van der Waals surface area contributed by atoms with E-state index in [9.17, 15) is 9.59 Å². The molecule has 0 amide bonds. The molecule has 3 nitrogen and oxygen atoms in total. The first-order valence-corrected chi connectivity index (χ1v) is 8.01. The molecule has 0 aromatic carbocycles. The van der Waals surface area contributed by atoms with E-state index < -0.39 is 0 Å². The monoisotopic (exact) mass is 284 g/mol. The number of allylic oxidation sites excluding steroid dienone is 2. The number of thioether (sulfide) groups is 1. The van der Waals surface area contributed by atoms with Crippen LogP contribution in [0, 0.1) is 11.8 Å². The van der Waals surface area contributed by atoms with Gasteiger partial charge in [-0.25, -0.2) is 0 Å². The molecule has 0 spiro atoms. The summed E-state index contributed by atoms with van der Waals surface area (Å²) >= 11 is 1.27. The van der Waals surface area contributed by atoms with Crippen LogP contribution < -0.4 is 0 Å². The van der Waals surface area contributed by atoms with E-state index in [2.05, 4.69) is 13.0 Å². The highest BCUT2D eigenvalue weighted by molar-refractivity contribution is 8.13. The van der Waals surface area contributed by atoms with E-state index in [1.165, 1.54) is 17.3 Å². The summed E-state index contributed by atoms with van der Waals surface area (Å²) < 4.78 is 4.84. The first-order chi connectivity index (χ1) is 9.04. The Morgan fingerprint density at radius 2 is 2.26 bits per heavy atom. The van der Waals surface area contributed by atoms with Gasteiger partial charge in [0.05, 0.1) is 13.0 Å². The van der Waals surface area contributed by atoms with Crippen molar-refractivity contribution in [2.45, 2.75) is 46.5 Å². The maximum atomic E-state index is 12.1. The van der Waals surface area contributed by atoms with Crippen molar-refractivity contribution in [3.8, 4) is 0 Å². The largest absolute Gasteiger partial charge is 0.466 e. The number of hydrogen-bond acceptors (Lipinski definition) is 4. The van der Waals surface area contributed by atoms with Crippen LogP contribution in [0.5, 0.6) is 0 Å². The molecule has 0 radical (unpaired) electrons. The topological polar surface area (TPSA) is 43.4 Å². The second-order valence-corrected chi connectivity index (χ2v) is 6.20. The first kappa shape index (κ1) is 16.3. The Kier molecular flexibility index (Phi) is 7.21. The number of ether oxygens (including phenoxy) is 1. The van der Waals surface area contributed by atoms with Gasteiger partial charge in [0.2, 0.25) is 0 Å². The van der Waals surface area contributed by atoms with Crippen LogP contribution in [0.15, 0.2) is 11.6 Å². The van der Waals surface area contributed by atoms with Crippen molar-refractivity contribution >= 4 is 22.8 Å². The maximum absolute atomic E-state index is 12.1. The smallest absolute Gasteiger partial charge is 0.306 e. The summed E-state index contributed by atoms with van der Waals surface area (Å²) in [7, 11) is 0. The van der Waals surface area contributed by atoms with Crippen molar-refractivity contribution in [1.82, 2.24) is 0 Å². The van der Waals surface area contributed by atoms with Gasteiger partial charge < -0.3 is 4.74 Å². The van der Waals surface area contributed by atoms with Crippen molar-refractivity contribution < 1.29 is 14.3 Å². The Morgan fingerprint density at radius 3 is 2.84 bits per heavy atom. The molecule has 1 rings (SSSR count). The summed E-state index contributed by atoms with van der Waals surface area (Å²) in [5, 5.41) is 0.210. The van der Waals surface area contributed by atoms with Gasteiger partial charge in [-0.15, -0.1) is 0 Å². The van der Waals surface area contributed by atoms with Gasteiger partial charge in [-0.3, -0.25) is 9.59 Å². The highest BCUT2D eigenvalue weighted by Crippen LogP contribution is 2.31. The molecule has 0 N–H and O–H groups in total. The summed E-state index contributed by atoms with van der Waals surface area (Å²) in [6.45, 7) is 6.36. The standard InChI is InChI=1S/C15H24O3S/c1-4-18-14(16)9-10-19-15(17)12(3)13-7-5-11(2)6-8-13/h5,12-13H,4,6-10H2,1-3H3. The molecule has 0 saturated heterocycles. The number of hydrogen-bond donors (Lipinski definition) is 0. The number of rotatable bonds is 6. The third kappa shape index (κ3) is 5.81. The fourth-order valence-electron chi connectivity index (χ4n) is 2.23. The molecule has 1 aliphatic rings. The Labute approximate surface area is 120 Å². The molecule has 0 heterocycles. The van der Waals surface area contributed by atoms with Gasteiger partial charge in [0, 0.05) is 11.7 Å². The Balaban J connectivity index is 2.27. The first-order valence-electron chi connectivity index (χ1n) is 7.02. The lowest BCUT2D eigenvalue weighted by Crippen LogP contribution is -2.21. The summed E-state index contributed by atoms with van der Waals surface area (Å²) in [6.07, 6.45) is 5.79. The zero-order chi connectivity index (χ0) is 14.3. The van der Waals surface area contributed by atoms with E-state index >= 15 is 0 Å². The SMILES string of the molecule is CCOC(=O)CCSC(=O)C(C)C1CC=C(C)CC1. The summed E-state index contributed by atoms with van der Waals surface area (Å²) in [5.41, 5.74) is 1.44. The minimum absolute atomic E-state index is 0.0801. The van der Waals surface area contributed by atoms with E-state index in [0.717, 1.165) is 19.3 Å². The lowest BCUT2D eigenvalue weighted by Gasteiger charge is -2.25. The van der Waals surface area contributed by atoms with Crippen LogP contribution in [0.1, 0.15) is 46.5 Å². The summed E-state index contributed by atoms with van der Waals surface area (Å²) in [5.74, 6) is 0.860. The summed E-state index contributed by atoms with van der Waals surface area (Å²) in [6, 6.07) is 0. The zero-order valence-electron chi connectivity index (χ0n) is 12.1. The van der Waals surface area contributed by atoms with E-state index in [-0.39, 0.29) is 17.0 Å². The minimum Gasteiger partial charge on any atom is -0.466 e. The van der Waals surface area contributed by atoms with Crippen LogP contribution in [0.3, 0.4) is 0 Å². The second-order valence-electron chi connectivity index (χ2n) is 5.10. The van der Waals surface area contributed by atoms with Gasteiger partial charge in [-0.1, -0.05) is 30.3 Å². The summed E-state index contributed by atoms with van der Waals surface area (Å²) in [4.78, 5) is 23.2. The van der Waals surface area contributed by atoms with E-state index in [1.807, 2.05) is 6.92 Å². The Bertz CT molecular complexity index is 349. The third-order valence-electron chi connectivity index (χ3n) is 3.61. The van der Waals surface area contributed by atoms with Gasteiger partial charge in [-0.2, -0.15) is 0 Å². The third-order valence-corrected chi connectivity index (χ3v) is 4.68. The molecule has 2 unspecified atom stereocenters. The Morgan fingerprint density at radius 1 is 1.53 bits per heavy atom. The van der Waals surface area contributed by atoms with Crippen LogP contribution >= 0.6 is 11.8 Å². The molecule has 108 valence electrons.